The van der Waals surface area contributed by atoms with Crippen LogP contribution < -0.4 is 11.1 Å². The Balaban J connectivity index is 2.12. The number of hydrogen-bond acceptors (Lipinski definition) is 3. The normalized spacial score (nSPS) is 10.6. The van der Waals surface area contributed by atoms with Gasteiger partial charge < -0.3 is 16.0 Å². The van der Waals surface area contributed by atoms with Crippen LogP contribution in [0.5, 0.6) is 0 Å². The van der Waals surface area contributed by atoms with Gasteiger partial charge >= 0.3 is 0 Å². The van der Waals surface area contributed by atoms with E-state index in [1.807, 2.05) is 13.0 Å². The Hall–Kier alpha value is -3.05. The number of amides is 1. The van der Waals surface area contributed by atoms with Gasteiger partial charge in [-0.3, -0.25) is 9.59 Å². The summed E-state index contributed by atoms with van der Waals surface area (Å²) in [6.45, 7) is 2.59. The number of nitrogens with two attached hydrogens (primary N) is 1. The number of aromatic nitrogens is 1. The van der Waals surface area contributed by atoms with Crippen molar-refractivity contribution >= 4 is 29.1 Å². The van der Waals surface area contributed by atoms with E-state index in [1.165, 1.54) is 0 Å². The van der Waals surface area contributed by atoms with Crippen molar-refractivity contribution in [1.82, 2.24) is 10.3 Å². The highest BCUT2D eigenvalue weighted by Gasteiger charge is 2.27. The summed E-state index contributed by atoms with van der Waals surface area (Å²) in [5, 5.41) is 3.44. The van der Waals surface area contributed by atoms with Crippen molar-refractivity contribution in [1.29, 1.82) is 0 Å². The Morgan fingerprint density at radius 2 is 1.75 bits per heavy atom. The van der Waals surface area contributed by atoms with Crippen LogP contribution in [0.1, 0.15) is 46.2 Å². The molecule has 0 bridgehead atoms. The summed E-state index contributed by atoms with van der Waals surface area (Å²) >= 11 is 6.01. The highest BCUT2D eigenvalue weighted by atomic mass is 35.5. The number of nitrogens with one attached hydrogen (secondary N) is 2. The molecule has 2 aromatic carbocycles. The summed E-state index contributed by atoms with van der Waals surface area (Å²) in [7, 11) is 0. The Morgan fingerprint density at radius 3 is 2.39 bits per heavy atom. The molecule has 1 heterocycles. The van der Waals surface area contributed by atoms with Crippen molar-refractivity contribution in [3.05, 3.63) is 76.4 Å². The van der Waals surface area contributed by atoms with Gasteiger partial charge in [-0.15, -0.1) is 0 Å². The third-order valence-electron chi connectivity index (χ3n) is 4.47. The van der Waals surface area contributed by atoms with Crippen LogP contribution in [0.2, 0.25) is 5.02 Å². The van der Waals surface area contributed by atoms with Gasteiger partial charge in [-0.2, -0.15) is 0 Å². The van der Waals surface area contributed by atoms with Crippen LogP contribution in [0.4, 0.5) is 5.82 Å². The van der Waals surface area contributed by atoms with Crippen molar-refractivity contribution in [2.24, 2.45) is 0 Å². The van der Waals surface area contributed by atoms with E-state index in [-0.39, 0.29) is 28.8 Å². The largest absolute Gasteiger partial charge is 0.385 e. The summed E-state index contributed by atoms with van der Waals surface area (Å²) in [6, 6.07) is 15.9. The van der Waals surface area contributed by atoms with Gasteiger partial charge in [-0.25, -0.2) is 0 Å². The number of H-pyrrole nitrogens is 1. The first kappa shape index (κ1) is 19.7. The lowest BCUT2D eigenvalue weighted by molar-refractivity contribution is 0.0954. The molecule has 0 radical (unpaired) electrons. The Kier molecular flexibility index (Phi) is 6.16. The summed E-state index contributed by atoms with van der Waals surface area (Å²) in [6.07, 6.45) is 1.83. The van der Waals surface area contributed by atoms with E-state index >= 15 is 0 Å². The monoisotopic (exact) mass is 395 g/mol. The molecule has 28 heavy (non-hydrogen) atoms. The maximum absolute atomic E-state index is 13.1. The van der Waals surface area contributed by atoms with E-state index in [9.17, 15) is 9.59 Å². The molecular formula is C22H22ClN3O2. The number of carbonyl (C=O) groups is 2. The fraction of sp³-hybridized carbons (Fsp3) is 0.182. The Morgan fingerprint density at radius 1 is 1.07 bits per heavy atom. The van der Waals surface area contributed by atoms with Crippen LogP contribution in [0.15, 0.2) is 54.6 Å². The second-order valence-electron chi connectivity index (χ2n) is 6.48. The fourth-order valence-electron chi connectivity index (χ4n) is 3.03. The van der Waals surface area contributed by atoms with Crippen molar-refractivity contribution in [3.8, 4) is 11.1 Å². The zero-order valence-corrected chi connectivity index (χ0v) is 16.3. The first-order valence-corrected chi connectivity index (χ1v) is 9.56. The zero-order chi connectivity index (χ0) is 20.1. The maximum Gasteiger partial charge on any atom is 0.255 e. The molecule has 0 spiro atoms. The lowest BCUT2D eigenvalue weighted by atomic mass is 9.96. The molecule has 0 aliphatic rings. The molecule has 5 nitrogen and oxygen atoms in total. The molecule has 0 saturated carbocycles. The molecule has 1 aromatic heterocycles. The van der Waals surface area contributed by atoms with E-state index in [0.29, 0.717) is 28.3 Å². The van der Waals surface area contributed by atoms with Gasteiger partial charge in [0.25, 0.3) is 5.91 Å². The average molecular weight is 396 g/mol. The maximum atomic E-state index is 13.1. The lowest BCUT2D eigenvalue weighted by Gasteiger charge is -2.09. The smallest absolute Gasteiger partial charge is 0.255 e. The number of anilines is 1. The van der Waals surface area contributed by atoms with Crippen LogP contribution in [-0.2, 0) is 0 Å². The first-order chi connectivity index (χ1) is 13.5. The van der Waals surface area contributed by atoms with E-state index in [1.54, 1.807) is 48.5 Å². The third kappa shape index (κ3) is 4.10. The molecule has 6 heteroatoms. The van der Waals surface area contributed by atoms with Gasteiger partial charge in [0.2, 0.25) is 5.78 Å². The molecule has 0 aliphatic heterocycles. The predicted octanol–water partition coefficient (Wildman–Crippen LogP) is 4.68. The van der Waals surface area contributed by atoms with Gasteiger partial charge in [0.1, 0.15) is 5.82 Å². The summed E-state index contributed by atoms with van der Waals surface area (Å²) in [5.74, 6) is -0.373. The van der Waals surface area contributed by atoms with Crippen LogP contribution in [0.25, 0.3) is 11.1 Å². The van der Waals surface area contributed by atoms with Gasteiger partial charge in [0, 0.05) is 22.7 Å². The SMILES string of the molecule is CCCCNC(=O)c1c(N)[nH]c(C(=O)c2ccccc2)c1-c1ccc(Cl)cc1. The Labute approximate surface area is 168 Å². The predicted molar refractivity (Wildman–Crippen MR) is 113 cm³/mol. The number of unbranched alkanes of at least 4 members (excludes halogenated alkanes) is 1. The molecule has 0 unspecified atom stereocenters. The second-order valence-corrected chi connectivity index (χ2v) is 6.91. The molecule has 0 fully saturated rings. The highest BCUT2D eigenvalue weighted by molar-refractivity contribution is 6.30. The van der Waals surface area contributed by atoms with E-state index in [4.69, 9.17) is 17.3 Å². The van der Waals surface area contributed by atoms with Crippen LogP contribution in [0, 0.1) is 0 Å². The minimum Gasteiger partial charge on any atom is -0.385 e. The molecule has 3 aromatic rings. The third-order valence-corrected chi connectivity index (χ3v) is 4.72. The van der Waals surface area contributed by atoms with Crippen molar-refractivity contribution < 1.29 is 9.59 Å². The molecule has 0 aliphatic carbocycles. The molecule has 1 amide bonds. The van der Waals surface area contributed by atoms with Gasteiger partial charge in [0.05, 0.1) is 11.3 Å². The van der Waals surface area contributed by atoms with Crippen molar-refractivity contribution in [2.75, 3.05) is 12.3 Å². The number of nitrogen functional groups attached to an aromatic ring is 1. The van der Waals surface area contributed by atoms with Gasteiger partial charge in [-0.1, -0.05) is 67.4 Å². The van der Waals surface area contributed by atoms with Crippen LogP contribution in [-0.4, -0.2) is 23.2 Å². The van der Waals surface area contributed by atoms with Crippen LogP contribution in [0.3, 0.4) is 0 Å². The van der Waals surface area contributed by atoms with Gasteiger partial charge in [0.15, 0.2) is 0 Å². The van der Waals surface area contributed by atoms with E-state index in [2.05, 4.69) is 10.3 Å². The molecule has 0 saturated heterocycles. The average Bonchev–Trinajstić information content (AvgIpc) is 3.06. The Bertz CT molecular complexity index is 979. The number of benzene rings is 2. The topological polar surface area (TPSA) is 88.0 Å². The highest BCUT2D eigenvalue weighted by Crippen LogP contribution is 2.34. The molecule has 144 valence electrons. The molecule has 3 rings (SSSR count). The summed E-state index contributed by atoms with van der Waals surface area (Å²) < 4.78 is 0. The lowest BCUT2D eigenvalue weighted by Crippen LogP contribution is -2.25. The van der Waals surface area contributed by atoms with Crippen molar-refractivity contribution in [3.63, 3.8) is 0 Å². The summed E-state index contributed by atoms with van der Waals surface area (Å²) in [4.78, 5) is 28.9. The van der Waals surface area contributed by atoms with Crippen LogP contribution >= 0.6 is 11.6 Å². The number of hydrogen-bond donors (Lipinski definition) is 3. The number of halogens is 1. The zero-order valence-electron chi connectivity index (χ0n) is 15.6. The van der Waals surface area contributed by atoms with Gasteiger partial charge in [-0.05, 0) is 24.1 Å². The molecular weight excluding hydrogens is 374 g/mol. The number of aromatic amines is 1. The molecule has 4 N–H and O–H groups in total. The van der Waals surface area contributed by atoms with E-state index < -0.39 is 0 Å². The quantitative estimate of drug-likeness (QED) is 0.401. The second kappa shape index (κ2) is 8.76. The minimum absolute atomic E-state index is 0.165. The number of rotatable bonds is 7. The number of carbonyl (C=O) groups excluding carboxylic acids is 2. The minimum atomic E-state index is -0.306. The fourth-order valence-corrected chi connectivity index (χ4v) is 3.16. The standard InChI is InChI=1S/C22H22ClN3O2/c1-2-3-13-25-22(28)18-17(14-9-11-16(23)12-10-14)19(26-21(18)24)20(27)15-7-5-4-6-8-15/h4-12,26H,2-3,13,24H2,1H3,(H,25,28). The van der Waals surface area contributed by atoms with E-state index in [0.717, 1.165) is 12.8 Å². The van der Waals surface area contributed by atoms with Crippen molar-refractivity contribution in [2.45, 2.75) is 19.8 Å². The first-order valence-electron chi connectivity index (χ1n) is 9.18. The summed E-state index contributed by atoms with van der Waals surface area (Å²) in [5.41, 5.74) is 8.38. The number of ketones is 1. The molecule has 0 atom stereocenters.